The van der Waals surface area contributed by atoms with Gasteiger partial charge in [-0.15, -0.1) is 6.58 Å². The standard InChI is InChI=1S/C15H12N4/c1-2-9-18-14-7-4-3-6-12(14)13(11-16)15(18)19-10-5-8-17-19/h2-8,10H,1,9H2. The van der Waals surface area contributed by atoms with E-state index >= 15 is 0 Å². The van der Waals surface area contributed by atoms with Gasteiger partial charge < -0.3 is 4.57 Å². The minimum atomic E-state index is 0.636. The van der Waals surface area contributed by atoms with Gasteiger partial charge in [0.1, 0.15) is 11.6 Å². The second-order valence-corrected chi connectivity index (χ2v) is 4.18. The van der Waals surface area contributed by atoms with E-state index in [-0.39, 0.29) is 0 Å². The van der Waals surface area contributed by atoms with E-state index < -0.39 is 0 Å². The summed E-state index contributed by atoms with van der Waals surface area (Å²) >= 11 is 0. The maximum Gasteiger partial charge on any atom is 0.153 e. The highest BCUT2D eigenvalue weighted by Crippen LogP contribution is 2.28. The lowest BCUT2D eigenvalue weighted by molar-refractivity contribution is 0.750. The Morgan fingerprint density at radius 2 is 2.16 bits per heavy atom. The van der Waals surface area contributed by atoms with Crippen molar-refractivity contribution in [1.82, 2.24) is 14.3 Å². The summed E-state index contributed by atoms with van der Waals surface area (Å²) in [5.74, 6) is 0.786. The maximum atomic E-state index is 9.47. The van der Waals surface area contributed by atoms with Crippen LogP contribution in [0.4, 0.5) is 0 Å². The summed E-state index contributed by atoms with van der Waals surface area (Å²) in [6, 6.07) is 12.0. The van der Waals surface area contributed by atoms with Crippen molar-refractivity contribution in [1.29, 1.82) is 5.26 Å². The van der Waals surface area contributed by atoms with Crippen molar-refractivity contribution in [2.45, 2.75) is 6.54 Å². The molecule has 0 atom stereocenters. The Kier molecular flexibility index (Phi) is 2.66. The van der Waals surface area contributed by atoms with Crippen LogP contribution in [0.25, 0.3) is 16.7 Å². The van der Waals surface area contributed by atoms with Crippen LogP contribution in [0.1, 0.15) is 5.56 Å². The van der Waals surface area contributed by atoms with Crippen molar-refractivity contribution in [3.63, 3.8) is 0 Å². The minimum absolute atomic E-state index is 0.636. The van der Waals surface area contributed by atoms with Gasteiger partial charge in [0.25, 0.3) is 0 Å². The molecule has 0 saturated carbocycles. The van der Waals surface area contributed by atoms with E-state index in [1.54, 1.807) is 10.9 Å². The van der Waals surface area contributed by atoms with Gasteiger partial charge in [0.2, 0.25) is 0 Å². The molecule has 0 N–H and O–H groups in total. The molecular weight excluding hydrogens is 236 g/mol. The lowest BCUT2D eigenvalue weighted by atomic mass is 10.2. The number of allylic oxidation sites excluding steroid dienone is 1. The fourth-order valence-corrected chi connectivity index (χ4v) is 2.35. The highest BCUT2D eigenvalue weighted by Gasteiger charge is 2.17. The Bertz CT molecular complexity index is 772. The lowest BCUT2D eigenvalue weighted by Crippen LogP contribution is -2.06. The zero-order valence-electron chi connectivity index (χ0n) is 10.3. The molecule has 19 heavy (non-hydrogen) atoms. The van der Waals surface area contributed by atoms with Crippen LogP contribution in [0.3, 0.4) is 0 Å². The zero-order valence-corrected chi connectivity index (χ0v) is 10.3. The fourth-order valence-electron chi connectivity index (χ4n) is 2.35. The molecule has 0 amide bonds. The van der Waals surface area contributed by atoms with Crippen LogP contribution in [0.15, 0.2) is 55.4 Å². The molecule has 4 heteroatoms. The van der Waals surface area contributed by atoms with Gasteiger partial charge >= 0.3 is 0 Å². The van der Waals surface area contributed by atoms with Crippen LogP contribution in [0.2, 0.25) is 0 Å². The van der Waals surface area contributed by atoms with Gasteiger partial charge in [-0.3, -0.25) is 0 Å². The molecule has 0 radical (unpaired) electrons. The smallest absolute Gasteiger partial charge is 0.153 e. The largest absolute Gasteiger partial charge is 0.321 e. The van der Waals surface area contributed by atoms with Gasteiger partial charge in [0.05, 0.1) is 5.52 Å². The molecule has 4 nitrogen and oxygen atoms in total. The maximum absolute atomic E-state index is 9.47. The van der Waals surface area contributed by atoms with Crippen LogP contribution in [-0.2, 0) is 6.54 Å². The first-order valence-electron chi connectivity index (χ1n) is 5.99. The summed E-state index contributed by atoms with van der Waals surface area (Å²) in [4.78, 5) is 0. The highest BCUT2D eigenvalue weighted by atomic mass is 15.3. The number of para-hydroxylation sites is 1. The Labute approximate surface area is 110 Å². The summed E-state index contributed by atoms with van der Waals surface area (Å²) in [5.41, 5.74) is 1.66. The number of fused-ring (bicyclic) bond motifs is 1. The second kappa shape index (κ2) is 4.46. The van der Waals surface area contributed by atoms with Gasteiger partial charge in [0.15, 0.2) is 5.82 Å². The third kappa shape index (κ3) is 1.64. The van der Waals surface area contributed by atoms with Crippen molar-refractivity contribution in [2.75, 3.05) is 0 Å². The fraction of sp³-hybridized carbons (Fsp3) is 0.0667. The third-order valence-corrected chi connectivity index (χ3v) is 3.09. The molecular formula is C15H12N4. The number of hydrogen-bond donors (Lipinski definition) is 0. The number of benzene rings is 1. The Morgan fingerprint density at radius 3 is 2.84 bits per heavy atom. The summed E-state index contributed by atoms with van der Waals surface area (Å²) in [6.07, 6.45) is 5.37. The van der Waals surface area contributed by atoms with Gasteiger partial charge in [-0.25, -0.2) is 4.68 Å². The summed E-state index contributed by atoms with van der Waals surface area (Å²) in [7, 11) is 0. The van der Waals surface area contributed by atoms with Crippen LogP contribution in [0.5, 0.6) is 0 Å². The van der Waals surface area contributed by atoms with Crippen LogP contribution >= 0.6 is 0 Å². The van der Waals surface area contributed by atoms with Gasteiger partial charge in [-0.1, -0.05) is 24.3 Å². The molecule has 92 valence electrons. The number of hydrogen-bond acceptors (Lipinski definition) is 2. The first-order valence-corrected chi connectivity index (χ1v) is 5.99. The van der Waals surface area contributed by atoms with Crippen LogP contribution in [-0.4, -0.2) is 14.3 Å². The Hall–Kier alpha value is -2.80. The monoisotopic (exact) mass is 248 g/mol. The molecule has 0 fully saturated rings. The van der Waals surface area contributed by atoms with E-state index in [2.05, 4.69) is 17.7 Å². The Morgan fingerprint density at radius 1 is 1.32 bits per heavy atom. The zero-order chi connectivity index (χ0) is 13.2. The van der Waals surface area contributed by atoms with Gasteiger partial charge in [0, 0.05) is 24.3 Å². The van der Waals surface area contributed by atoms with Crippen LogP contribution < -0.4 is 0 Å². The molecule has 3 rings (SSSR count). The van der Waals surface area contributed by atoms with Gasteiger partial charge in [-0.05, 0) is 12.1 Å². The van der Waals surface area contributed by atoms with E-state index in [0.29, 0.717) is 12.1 Å². The molecule has 2 aromatic heterocycles. The first-order chi connectivity index (χ1) is 9.36. The Balaban J connectivity index is 2.44. The van der Waals surface area contributed by atoms with Gasteiger partial charge in [-0.2, -0.15) is 10.4 Å². The molecule has 0 aliphatic rings. The topological polar surface area (TPSA) is 46.5 Å². The van der Waals surface area contributed by atoms with Crippen molar-refractivity contribution in [2.24, 2.45) is 0 Å². The van der Waals surface area contributed by atoms with E-state index in [1.165, 1.54) is 0 Å². The van der Waals surface area contributed by atoms with E-state index in [0.717, 1.165) is 16.7 Å². The van der Waals surface area contributed by atoms with Crippen LogP contribution in [0, 0.1) is 11.3 Å². The summed E-state index contributed by atoms with van der Waals surface area (Å²) < 4.78 is 3.77. The predicted molar refractivity (Wildman–Crippen MR) is 74.0 cm³/mol. The number of aromatic nitrogens is 3. The molecule has 2 heterocycles. The summed E-state index contributed by atoms with van der Waals surface area (Å²) in [5, 5.41) is 14.7. The third-order valence-electron chi connectivity index (χ3n) is 3.09. The molecule has 0 aliphatic carbocycles. The molecule has 0 aliphatic heterocycles. The quantitative estimate of drug-likeness (QED) is 0.669. The highest BCUT2D eigenvalue weighted by molar-refractivity contribution is 5.90. The van der Waals surface area contributed by atoms with Crippen molar-refractivity contribution in [3.05, 3.63) is 60.9 Å². The normalized spacial score (nSPS) is 10.5. The number of nitriles is 1. The SMILES string of the molecule is C=CCn1c(-n2cccn2)c(C#N)c2ccccc21. The lowest BCUT2D eigenvalue weighted by Gasteiger charge is -2.08. The molecule has 0 unspecified atom stereocenters. The molecule has 0 spiro atoms. The second-order valence-electron chi connectivity index (χ2n) is 4.18. The van der Waals surface area contributed by atoms with Crippen molar-refractivity contribution in [3.8, 4) is 11.9 Å². The molecule has 0 bridgehead atoms. The first kappa shape index (κ1) is 11.3. The average molecular weight is 248 g/mol. The molecule has 3 aromatic rings. The molecule has 0 saturated heterocycles. The van der Waals surface area contributed by atoms with Crippen molar-refractivity contribution >= 4 is 10.9 Å². The average Bonchev–Trinajstić information content (AvgIpc) is 3.05. The van der Waals surface area contributed by atoms with Crippen molar-refractivity contribution < 1.29 is 0 Å². The van der Waals surface area contributed by atoms with E-state index in [4.69, 9.17) is 0 Å². The number of nitrogens with zero attached hydrogens (tertiary/aromatic N) is 4. The predicted octanol–water partition coefficient (Wildman–Crippen LogP) is 2.88. The van der Waals surface area contributed by atoms with E-state index in [9.17, 15) is 5.26 Å². The minimum Gasteiger partial charge on any atom is -0.321 e. The molecule has 1 aromatic carbocycles. The number of rotatable bonds is 3. The van der Waals surface area contributed by atoms with E-state index in [1.807, 2.05) is 47.2 Å². The summed E-state index contributed by atoms with van der Waals surface area (Å²) in [6.45, 7) is 4.42.